The van der Waals surface area contributed by atoms with Crippen LogP contribution in [0.15, 0.2) is 0 Å². The summed E-state index contributed by atoms with van der Waals surface area (Å²) in [5.41, 5.74) is -0.805. The summed E-state index contributed by atoms with van der Waals surface area (Å²) in [6.45, 7) is -0.112. The van der Waals surface area contributed by atoms with Gasteiger partial charge in [0.2, 0.25) is 5.91 Å². The lowest BCUT2D eigenvalue weighted by atomic mass is 9.98. The van der Waals surface area contributed by atoms with E-state index in [-0.39, 0.29) is 25.4 Å². The lowest BCUT2D eigenvalue weighted by Gasteiger charge is -2.19. The number of carbonyl (C=O) groups is 4. The molecule has 0 aromatic heterocycles. The molecule has 0 aromatic rings. The summed E-state index contributed by atoms with van der Waals surface area (Å²) in [6, 6.07) is -0.525. The quantitative estimate of drug-likeness (QED) is 0.465. The molecule has 1 heterocycles. The molecule has 1 saturated heterocycles. The number of aliphatic carboxylic acids is 1. The number of hydrogen-bond donors (Lipinski definition) is 3. The Morgan fingerprint density at radius 1 is 1.29 bits per heavy atom. The van der Waals surface area contributed by atoms with Crippen LogP contribution in [-0.2, 0) is 14.4 Å². The first-order valence-electron chi connectivity index (χ1n) is 7.07. The average molecular weight is 297 g/mol. The van der Waals surface area contributed by atoms with Crippen molar-refractivity contribution in [1.82, 2.24) is 15.5 Å². The second-order valence-corrected chi connectivity index (χ2v) is 5.46. The van der Waals surface area contributed by atoms with E-state index < -0.39 is 23.4 Å². The SMILES string of the molecule is O=C(O)CCCNC(=O)CN1C(=O)NC2(CCCC2)C1=O. The van der Waals surface area contributed by atoms with Crippen LogP contribution in [0.3, 0.4) is 0 Å². The Balaban J connectivity index is 1.82. The van der Waals surface area contributed by atoms with Gasteiger partial charge in [0.25, 0.3) is 5.91 Å². The van der Waals surface area contributed by atoms with E-state index in [1.54, 1.807) is 0 Å². The van der Waals surface area contributed by atoms with Gasteiger partial charge in [0.1, 0.15) is 12.1 Å². The van der Waals surface area contributed by atoms with Crippen molar-refractivity contribution in [2.24, 2.45) is 0 Å². The van der Waals surface area contributed by atoms with Crippen molar-refractivity contribution in [3.05, 3.63) is 0 Å². The van der Waals surface area contributed by atoms with Gasteiger partial charge in [-0.3, -0.25) is 19.3 Å². The predicted molar refractivity (Wildman–Crippen MR) is 71.3 cm³/mol. The Labute approximate surface area is 121 Å². The highest BCUT2D eigenvalue weighted by molar-refractivity contribution is 6.09. The number of imide groups is 1. The van der Waals surface area contributed by atoms with E-state index in [0.29, 0.717) is 19.3 Å². The number of nitrogens with one attached hydrogen (secondary N) is 2. The summed E-state index contributed by atoms with van der Waals surface area (Å²) in [6.07, 6.45) is 3.29. The van der Waals surface area contributed by atoms with Gasteiger partial charge in [-0.05, 0) is 19.3 Å². The average Bonchev–Trinajstić information content (AvgIpc) is 2.97. The number of amides is 4. The summed E-state index contributed by atoms with van der Waals surface area (Å²) in [4.78, 5) is 47.1. The van der Waals surface area contributed by atoms with Crippen LogP contribution in [-0.4, -0.2) is 52.4 Å². The third kappa shape index (κ3) is 3.32. The number of carboxylic acid groups (broad SMARTS) is 1. The van der Waals surface area contributed by atoms with E-state index in [1.807, 2.05) is 0 Å². The number of urea groups is 1. The van der Waals surface area contributed by atoms with Crippen molar-refractivity contribution in [2.75, 3.05) is 13.1 Å². The number of rotatable bonds is 6. The number of hydrogen-bond acceptors (Lipinski definition) is 4. The van der Waals surface area contributed by atoms with Crippen LogP contribution in [0.25, 0.3) is 0 Å². The molecule has 1 saturated carbocycles. The second-order valence-electron chi connectivity index (χ2n) is 5.46. The molecule has 8 nitrogen and oxygen atoms in total. The summed E-state index contributed by atoms with van der Waals surface area (Å²) >= 11 is 0. The Morgan fingerprint density at radius 2 is 1.95 bits per heavy atom. The molecule has 3 N–H and O–H groups in total. The standard InChI is InChI=1S/C13H19N3O5/c17-9(14-7-3-4-10(18)19)8-16-11(20)13(15-12(16)21)5-1-2-6-13/h1-8H2,(H,14,17)(H,15,21)(H,18,19). The molecule has 2 rings (SSSR count). The number of carboxylic acids is 1. The smallest absolute Gasteiger partial charge is 0.325 e. The van der Waals surface area contributed by atoms with Crippen molar-refractivity contribution in [2.45, 2.75) is 44.1 Å². The first-order chi connectivity index (χ1) is 9.94. The van der Waals surface area contributed by atoms with Gasteiger partial charge < -0.3 is 15.7 Å². The number of carbonyl (C=O) groups excluding carboxylic acids is 3. The second kappa shape index (κ2) is 6.11. The van der Waals surface area contributed by atoms with E-state index in [1.165, 1.54) is 0 Å². The van der Waals surface area contributed by atoms with Crippen molar-refractivity contribution in [1.29, 1.82) is 0 Å². The van der Waals surface area contributed by atoms with E-state index in [9.17, 15) is 19.2 Å². The normalized spacial score (nSPS) is 19.9. The van der Waals surface area contributed by atoms with Crippen molar-refractivity contribution >= 4 is 23.8 Å². The Morgan fingerprint density at radius 3 is 2.57 bits per heavy atom. The fourth-order valence-corrected chi connectivity index (χ4v) is 2.80. The molecule has 1 aliphatic carbocycles. The lowest BCUT2D eigenvalue weighted by molar-refractivity contribution is -0.137. The Hall–Kier alpha value is -2.12. The van der Waals surface area contributed by atoms with E-state index in [4.69, 9.17) is 5.11 Å². The van der Waals surface area contributed by atoms with Crippen LogP contribution in [0.2, 0.25) is 0 Å². The van der Waals surface area contributed by atoms with Gasteiger partial charge in [-0.15, -0.1) is 0 Å². The molecular formula is C13H19N3O5. The molecule has 21 heavy (non-hydrogen) atoms. The molecule has 1 spiro atoms. The Kier molecular flexibility index (Phi) is 4.44. The van der Waals surface area contributed by atoms with Crippen LogP contribution in [0.5, 0.6) is 0 Å². The van der Waals surface area contributed by atoms with Crippen LogP contribution in [0.1, 0.15) is 38.5 Å². The topological polar surface area (TPSA) is 116 Å². The zero-order valence-electron chi connectivity index (χ0n) is 11.7. The number of nitrogens with zero attached hydrogens (tertiary/aromatic N) is 1. The zero-order chi connectivity index (χ0) is 15.5. The maximum absolute atomic E-state index is 12.3. The highest BCUT2D eigenvalue weighted by atomic mass is 16.4. The zero-order valence-corrected chi connectivity index (χ0v) is 11.7. The molecule has 0 bridgehead atoms. The maximum atomic E-state index is 12.3. The molecule has 0 radical (unpaired) electrons. The molecule has 116 valence electrons. The van der Waals surface area contributed by atoms with Crippen LogP contribution < -0.4 is 10.6 Å². The van der Waals surface area contributed by atoms with Gasteiger partial charge in [-0.25, -0.2) is 4.79 Å². The first kappa shape index (κ1) is 15.3. The van der Waals surface area contributed by atoms with Gasteiger partial charge in [0, 0.05) is 13.0 Å². The Bertz CT molecular complexity index is 470. The minimum Gasteiger partial charge on any atom is -0.481 e. The minimum atomic E-state index is -0.929. The van der Waals surface area contributed by atoms with Gasteiger partial charge >= 0.3 is 12.0 Å². The maximum Gasteiger partial charge on any atom is 0.325 e. The highest BCUT2D eigenvalue weighted by Crippen LogP contribution is 2.34. The molecule has 0 unspecified atom stereocenters. The molecule has 0 aromatic carbocycles. The van der Waals surface area contributed by atoms with Crippen molar-refractivity contribution in [3.8, 4) is 0 Å². The molecule has 2 fully saturated rings. The lowest BCUT2D eigenvalue weighted by Crippen LogP contribution is -2.45. The molecule has 0 atom stereocenters. The summed E-state index contributed by atoms with van der Waals surface area (Å²) < 4.78 is 0. The summed E-state index contributed by atoms with van der Waals surface area (Å²) in [7, 11) is 0. The largest absolute Gasteiger partial charge is 0.481 e. The molecule has 4 amide bonds. The summed E-state index contributed by atoms with van der Waals surface area (Å²) in [5.74, 6) is -1.72. The van der Waals surface area contributed by atoms with Crippen LogP contribution in [0.4, 0.5) is 4.79 Å². The fraction of sp³-hybridized carbons (Fsp3) is 0.692. The van der Waals surface area contributed by atoms with Crippen molar-refractivity contribution < 1.29 is 24.3 Å². The van der Waals surface area contributed by atoms with Crippen molar-refractivity contribution in [3.63, 3.8) is 0 Å². The van der Waals surface area contributed by atoms with Crippen LogP contribution in [0, 0.1) is 0 Å². The molecule has 1 aliphatic heterocycles. The van der Waals surface area contributed by atoms with E-state index in [0.717, 1.165) is 17.7 Å². The summed E-state index contributed by atoms with van der Waals surface area (Å²) in [5, 5.41) is 13.7. The highest BCUT2D eigenvalue weighted by Gasteiger charge is 2.52. The van der Waals surface area contributed by atoms with Gasteiger partial charge in [-0.2, -0.15) is 0 Å². The van der Waals surface area contributed by atoms with Crippen LogP contribution >= 0.6 is 0 Å². The van der Waals surface area contributed by atoms with E-state index in [2.05, 4.69) is 10.6 Å². The third-order valence-corrected chi connectivity index (χ3v) is 3.89. The van der Waals surface area contributed by atoms with Gasteiger partial charge in [0.05, 0.1) is 0 Å². The third-order valence-electron chi connectivity index (χ3n) is 3.89. The van der Waals surface area contributed by atoms with E-state index >= 15 is 0 Å². The fourth-order valence-electron chi connectivity index (χ4n) is 2.80. The monoisotopic (exact) mass is 297 g/mol. The predicted octanol–water partition coefficient (Wildman–Crippen LogP) is -0.168. The van der Waals surface area contributed by atoms with Gasteiger partial charge in [0.15, 0.2) is 0 Å². The molecule has 8 heteroatoms. The first-order valence-corrected chi connectivity index (χ1v) is 7.07. The molecule has 2 aliphatic rings. The molecular weight excluding hydrogens is 278 g/mol. The minimum absolute atomic E-state index is 0.0352. The van der Waals surface area contributed by atoms with Gasteiger partial charge in [-0.1, -0.05) is 12.8 Å².